The molecule has 0 radical (unpaired) electrons. The number of rotatable bonds is 5. The summed E-state index contributed by atoms with van der Waals surface area (Å²) in [6.45, 7) is 0.0132. The lowest BCUT2D eigenvalue weighted by Crippen LogP contribution is -2.07. The van der Waals surface area contributed by atoms with Crippen molar-refractivity contribution in [2.75, 3.05) is 20.8 Å². The number of aromatic nitrogens is 1. The number of ether oxygens (including phenoxy) is 2. The largest absolute Gasteiger partial charge is 0.464 e. The van der Waals surface area contributed by atoms with Gasteiger partial charge in [0.05, 0.1) is 14.2 Å². The second kappa shape index (κ2) is 6.05. The first-order valence-electron chi connectivity index (χ1n) is 5.13. The molecule has 0 unspecified atom stereocenters. The van der Waals surface area contributed by atoms with Crippen LogP contribution in [0.5, 0.6) is 0 Å². The summed E-state index contributed by atoms with van der Waals surface area (Å²) >= 11 is 0. The highest BCUT2D eigenvalue weighted by atomic mass is 16.5. The van der Waals surface area contributed by atoms with E-state index in [0.717, 1.165) is 0 Å². The first-order chi connectivity index (χ1) is 8.13. The smallest absolute Gasteiger partial charge is 0.354 e. The Balaban J connectivity index is 3.02. The average Bonchev–Trinajstić information content (AvgIpc) is 2.78. The summed E-state index contributed by atoms with van der Waals surface area (Å²) in [7, 11) is 2.52. The first kappa shape index (κ1) is 13.2. The number of aryl methyl sites for hydroxylation is 1. The van der Waals surface area contributed by atoms with Gasteiger partial charge in [0.25, 0.3) is 0 Å². The van der Waals surface area contributed by atoms with Crippen molar-refractivity contribution in [2.45, 2.75) is 12.8 Å². The molecule has 94 valence electrons. The molecule has 0 fully saturated rings. The van der Waals surface area contributed by atoms with Crippen molar-refractivity contribution in [1.29, 1.82) is 0 Å². The lowest BCUT2D eigenvalue weighted by molar-refractivity contribution is 0.0589. The van der Waals surface area contributed by atoms with Gasteiger partial charge in [0.15, 0.2) is 0 Å². The van der Waals surface area contributed by atoms with Crippen molar-refractivity contribution in [2.24, 2.45) is 0 Å². The second-order valence-electron chi connectivity index (χ2n) is 3.39. The lowest BCUT2D eigenvalue weighted by Gasteiger charge is -2.00. The highest BCUT2D eigenvalue weighted by Gasteiger charge is 2.19. The number of nitrogens with one attached hydrogen (secondary N) is 1. The molecule has 1 rings (SSSR count). The maximum atomic E-state index is 11.5. The van der Waals surface area contributed by atoms with Crippen LogP contribution >= 0.6 is 0 Å². The molecule has 1 heterocycles. The summed E-state index contributed by atoms with van der Waals surface area (Å²) in [5.74, 6) is -1.10. The third kappa shape index (κ3) is 3.07. The van der Waals surface area contributed by atoms with Crippen molar-refractivity contribution >= 4 is 11.9 Å². The van der Waals surface area contributed by atoms with E-state index in [0.29, 0.717) is 18.4 Å². The van der Waals surface area contributed by atoms with Crippen LogP contribution in [0.2, 0.25) is 0 Å². The Morgan fingerprint density at radius 3 is 2.47 bits per heavy atom. The first-order valence-corrected chi connectivity index (χ1v) is 5.13. The summed E-state index contributed by atoms with van der Waals surface area (Å²) in [6, 6.07) is 1.54. The summed E-state index contributed by atoms with van der Waals surface area (Å²) in [5.41, 5.74) is 1.05. The summed E-state index contributed by atoms with van der Waals surface area (Å²) in [5, 5.41) is 8.76. The fourth-order valence-electron chi connectivity index (χ4n) is 1.47. The SMILES string of the molecule is COC(=O)c1cc(CCCO)c(C(=O)OC)[nH]1. The molecule has 0 bridgehead atoms. The van der Waals surface area contributed by atoms with Crippen LogP contribution in [-0.2, 0) is 15.9 Å². The Bertz CT molecular complexity index is 410. The van der Waals surface area contributed by atoms with Gasteiger partial charge in [-0.2, -0.15) is 0 Å². The van der Waals surface area contributed by atoms with Gasteiger partial charge in [-0.15, -0.1) is 0 Å². The number of aliphatic hydroxyl groups excluding tert-OH is 1. The molecule has 6 heteroatoms. The number of aromatic amines is 1. The summed E-state index contributed by atoms with van der Waals surface area (Å²) in [4.78, 5) is 25.4. The monoisotopic (exact) mass is 241 g/mol. The lowest BCUT2D eigenvalue weighted by atomic mass is 10.1. The molecule has 2 N–H and O–H groups in total. The Labute approximate surface area is 98.5 Å². The Kier molecular flexibility index (Phi) is 4.71. The normalized spacial score (nSPS) is 10.1. The van der Waals surface area contributed by atoms with Gasteiger partial charge >= 0.3 is 11.9 Å². The number of aliphatic hydroxyl groups is 1. The van der Waals surface area contributed by atoms with Gasteiger partial charge in [0.1, 0.15) is 11.4 Å². The molecule has 1 aromatic heterocycles. The Morgan fingerprint density at radius 1 is 1.29 bits per heavy atom. The minimum Gasteiger partial charge on any atom is -0.464 e. The van der Waals surface area contributed by atoms with Crippen molar-refractivity contribution in [1.82, 2.24) is 4.98 Å². The highest BCUT2D eigenvalue weighted by Crippen LogP contribution is 2.15. The minimum atomic E-state index is -0.551. The third-order valence-corrected chi connectivity index (χ3v) is 2.30. The van der Waals surface area contributed by atoms with E-state index in [4.69, 9.17) is 5.11 Å². The predicted molar refractivity (Wildman–Crippen MR) is 58.9 cm³/mol. The zero-order valence-electron chi connectivity index (χ0n) is 9.78. The van der Waals surface area contributed by atoms with E-state index in [1.54, 1.807) is 0 Å². The molecule has 17 heavy (non-hydrogen) atoms. The number of hydrogen-bond acceptors (Lipinski definition) is 5. The van der Waals surface area contributed by atoms with Crippen LogP contribution < -0.4 is 0 Å². The van der Waals surface area contributed by atoms with Crippen LogP contribution in [0.4, 0.5) is 0 Å². The molecule has 0 saturated carbocycles. The topological polar surface area (TPSA) is 88.6 Å². The standard InChI is InChI=1S/C11H15NO5/c1-16-10(14)8-6-7(4-3-5-13)9(12-8)11(15)17-2/h6,12-13H,3-5H2,1-2H3. The molecule has 1 aromatic rings. The molecule has 0 amide bonds. The molecular formula is C11H15NO5. The van der Waals surface area contributed by atoms with Gasteiger partial charge in [-0.3, -0.25) is 0 Å². The van der Waals surface area contributed by atoms with Crippen molar-refractivity contribution in [3.63, 3.8) is 0 Å². The number of carbonyl (C=O) groups excluding carboxylic acids is 2. The molecule has 0 aliphatic heterocycles. The number of carbonyl (C=O) groups is 2. The second-order valence-corrected chi connectivity index (χ2v) is 3.39. The number of hydrogen-bond donors (Lipinski definition) is 2. The van der Waals surface area contributed by atoms with E-state index in [-0.39, 0.29) is 18.0 Å². The zero-order chi connectivity index (χ0) is 12.8. The zero-order valence-corrected chi connectivity index (χ0v) is 9.78. The Morgan fingerprint density at radius 2 is 1.94 bits per heavy atom. The summed E-state index contributed by atoms with van der Waals surface area (Å²) < 4.78 is 9.15. The molecule has 0 aliphatic rings. The predicted octanol–water partition coefficient (Wildman–Crippen LogP) is 0.513. The molecule has 0 spiro atoms. The van der Waals surface area contributed by atoms with Crippen LogP contribution in [0.25, 0.3) is 0 Å². The minimum absolute atomic E-state index is 0.0132. The highest BCUT2D eigenvalue weighted by molar-refractivity contribution is 5.94. The van der Waals surface area contributed by atoms with Crippen molar-refractivity contribution in [3.05, 3.63) is 23.0 Å². The third-order valence-electron chi connectivity index (χ3n) is 2.30. The maximum absolute atomic E-state index is 11.5. The molecular weight excluding hydrogens is 226 g/mol. The van der Waals surface area contributed by atoms with E-state index in [1.807, 2.05) is 0 Å². The summed E-state index contributed by atoms with van der Waals surface area (Å²) in [6.07, 6.45) is 0.983. The maximum Gasteiger partial charge on any atom is 0.354 e. The van der Waals surface area contributed by atoms with Crippen LogP contribution in [-0.4, -0.2) is 42.9 Å². The van der Waals surface area contributed by atoms with Crippen LogP contribution in [0.3, 0.4) is 0 Å². The van der Waals surface area contributed by atoms with E-state index < -0.39 is 11.9 Å². The van der Waals surface area contributed by atoms with Gasteiger partial charge < -0.3 is 19.6 Å². The van der Waals surface area contributed by atoms with Gasteiger partial charge in [0, 0.05) is 6.61 Å². The number of esters is 2. The van der Waals surface area contributed by atoms with Crippen molar-refractivity contribution < 1.29 is 24.2 Å². The molecule has 0 atom stereocenters. The van der Waals surface area contributed by atoms with Gasteiger partial charge in [0.2, 0.25) is 0 Å². The molecule has 0 aliphatic carbocycles. The number of H-pyrrole nitrogens is 1. The van der Waals surface area contributed by atoms with Crippen LogP contribution in [0, 0.1) is 0 Å². The van der Waals surface area contributed by atoms with Gasteiger partial charge in [-0.25, -0.2) is 9.59 Å². The van der Waals surface area contributed by atoms with Crippen molar-refractivity contribution in [3.8, 4) is 0 Å². The molecule has 6 nitrogen and oxygen atoms in total. The number of methoxy groups -OCH3 is 2. The molecule has 0 aromatic carbocycles. The van der Waals surface area contributed by atoms with E-state index in [2.05, 4.69) is 14.5 Å². The van der Waals surface area contributed by atoms with E-state index >= 15 is 0 Å². The van der Waals surface area contributed by atoms with Crippen LogP contribution in [0.1, 0.15) is 33.0 Å². The van der Waals surface area contributed by atoms with Gasteiger partial charge in [-0.05, 0) is 24.5 Å². The van der Waals surface area contributed by atoms with E-state index in [1.165, 1.54) is 20.3 Å². The average molecular weight is 241 g/mol. The Hall–Kier alpha value is -1.82. The fourth-order valence-corrected chi connectivity index (χ4v) is 1.47. The fraction of sp³-hybridized carbons (Fsp3) is 0.455. The van der Waals surface area contributed by atoms with E-state index in [9.17, 15) is 9.59 Å². The van der Waals surface area contributed by atoms with Crippen LogP contribution in [0.15, 0.2) is 6.07 Å². The quantitative estimate of drug-likeness (QED) is 0.733. The van der Waals surface area contributed by atoms with Gasteiger partial charge in [-0.1, -0.05) is 0 Å². The molecule has 0 saturated heterocycles.